The van der Waals surface area contributed by atoms with Gasteiger partial charge in [-0.3, -0.25) is 4.79 Å². The highest BCUT2D eigenvalue weighted by Crippen LogP contribution is 2.31. The molecule has 1 rings (SSSR count). The molecular weight excluding hydrogens is 365 g/mol. The first-order valence-electron chi connectivity index (χ1n) is 6.34. The molecule has 0 amide bonds. The third-order valence-electron chi connectivity index (χ3n) is 2.95. The number of nitrogens with zero attached hydrogens (tertiary/aromatic N) is 1. The van der Waals surface area contributed by atoms with Gasteiger partial charge in [-0.2, -0.15) is 18.4 Å². The predicted molar refractivity (Wildman–Crippen MR) is 85.5 cm³/mol. The molecule has 130 valence electrons. The molecule has 0 heterocycles. The molecule has 0 bridgehead atoms. The van der Waals surface area contributed by atoms with Crippen LogP contribution in [-0.2, 0) is 23.0 Å². The topological polar surface area (TPSA) is 90.2 Å². The lowest BCUT2D eigenvalue weighted by Crippen LogP contribution is -2.15. The average Bonchev–Trinajstić information content (AvgIpc) is 2.50. The Hall–Kier alpha value is -1.83. The van der Waals surface area contributed by atoms with Gasteiger partial charge in [0.15, 0.2) is 11.1 Å². The van der Waals surface area contributed by atoms with Crippen LogP contribution >= 0.6 is 11.8 Å². The molecule has 0 fully saturated rings. The van der Waals surface area contributed by atoms with E-state index in [1.54, 1.807) is 12.3 Å². The van der Waals surface area contributed by atoms with E-state index in [1.165, 1.54) is 7.05 Å². The van der Waals surface area contributed by atoms with Gasteiger partial charge in [0, 0.05) is 12.6 Å². The van der Waals surface area contributed by atoms with Crippen molar-refractivity contribution in [2.45, 2.75) is 11.9 Å². The highest BCUT2D eigenvalue weighted by Gasteiger charge is 2.32. The van der Waals surface area contributed by atoms with Crippen molar-refractivity contribution in [3.05, 3.63) is 45.5 Å². The second kappa shape index (κ2) is 8.32. The summed E-state index contributed by atoms with van der Waals surface area (Å²) in [5, 5.41) is 12.1. The van der Waals surface area contributed by atoms with Crippen LogP contribution in [0, 0.1) is 11.3 Å². The molecule has 0 saturated heterocycles. The zero-order valence-corrected chi connectivity index (χ0v) is 14.2. The van der Waals surface area contributed by atoms with Gasteiger partial charge in [0.2, 0.25) is 5.78 Å². The van der Waals surface area contributed by atoms with Gasteiger partial charge in [0.1, 0.15) is 11.6 Å². The van der Waals surface area contributed by atoms with Crippen LogP contribution in [0.1, 0.15) is 21.5 Å². The largest absolute Gasteiger partial charge is 0.416 e. The Kier molecular flexibility index (Phi) is 7.01. The van der Waals surface area contributed by atoms with Gasteiger partial charge in [-0.25, -0.2) is 4.21 Å². The first-order valence-corrected chi connectivity index (χ1v) is 8.84. The molecule has 0 radical (unpaired) electrons. The van der Waals surface area contributed by atoms with Gasteiger partial charge < -0.3 is 9.87 Å². The standard InChI is InChI=1S/C14H13F3N2O3S2/c1-19-13(23-2)11(6-18)12(20)10-4-3-9(14(15,16)17)5-8(10)7-24(21)22/h3-5,19H,7H2,1-2H3,(H,21,22). The number of benzene rings is 1. The molecule has 1 aromatic rings. The van der Waals surface area contributed by atoms with E-state index < -0.39 is 34.4 Å². The minimum absolute atomic E-state index is 0.219. The average molecular weight is 378 g/mol. The molecule has 0 aromatic heterocycles. The molecule has 5 nitrogen and oxygen atoms in total. The van der Waals surface area contributed by atoms with E-state index in [0.717, 1.165) is 17.8 Å². The number of hydrogen-bond acceptors (Lipinski definition) is 5. The van der Waals surface area contributed by atoms with Crippen molar-refractivity contribution in [3.8, 4) is 6.07 Å². The fraction of sp³-hybridized carbons (Fsp3) is 0.286. The Balaban J connectivity index is 3.52. The van der Waals surface area contributed by atoms with Crippen LogP contribution in [0.15, 0.2) is 28.8 Å². The van der Waals surface area contributed by atoms with Crippen LogP contribution in [0.3, 0.4) is 0 Å². The van der Waals surface area contributed by atoms with Crippen molar-refractivity contribution in [3.63, 3.8) is 0 Å². The second-order valence-corrected chi connectivity index (χ2v) is 6.18. The Morgan fingerprint density at radius 2 is 2.08 bits per heavy atom. The van der Waals surface area contributed by atoms with Crippen molar-refractivity contribution in [2.75, 3.05) is 13.3 Å². The van der Waals surface area contributed by atoms with E-state index in [0.29, 0.717) is 12.1 Å². The summed E-state index contributed by atoms with van der Waals surface area (Å²) in [7, 11) is 1.49. The fourth-order valence-corrected chi connectivity index (χ4v) is 2.96. The van der Waals surface area contributed by atoms with Crippen LogP contribution in [0.25, 0.3) is 0 Å². The van der Waals surface area contributed by atoms with Crippen LogP contribution in [-0.4, -0.2) is 27.8 Å². The number of halogens is 3. The Morgan fingerprint density at radius 3 is 2.50 bits per heavy atom. The van der Waals surface area contributed by atoms with Crippen molar-refractivity contribution in [1.82, 2.24) is 5.32 Å². The number of nitriles is 1. The summed E-state index contributed by atoms with van der Waals surface area (Å²) in [4.78, 5) is 12.5. The van der Waals surface area contributed by atoms with Crippen molar-refractivity contribution >= 4 is 28.6 Å². The zero-order chi connectivity index (χ0) is 18.5. The molecular formula is C14H13F3N2O3S2. The first-order chi connectivity index (χ1) is 11.1. The second-order valence-electron chi connectivity index (χ2n) is 4.43. The SMILES string of the molecule is CNC(SC)=C(C#N)C(=O)c1ccc(C(F)(F)F)cc1CS(=O)O. The van der Waals surface area contributed by atoms with Gasteiger partial charge in [0.25, 0.3) is 0 Å². The summed E-state index contributed by atoms with van der Waals surface area (Å²) in [6.45, 7) is 0. The number of ketones is 1. The van der Waals surface area contributed by atoms with E-state index >= 15 is 0 Å². The van der Waals surface area contributed by atoms with Gasteiger partial charge >= 0.3 is 6.18 Å². The van der Waals surface area contributed by atoms with E-state index in [1.807, 2.05) is 0 Å². The Morgan fingerprint density at radius 1 is 1.46 bits per heavy atom. The number of carbonyl (C=O) groups excluding carboxylic acids is 1. The number of thioether (sulfide) groups is 1. The summed E-state index contributed by atoms with van der Waals surface area (Å²) >= 11 is -1.36. The number of rotatable bonds is 6. The number of Topliss-reactive ketones (excluding diaryl/α,β-unsaturated/α-hetero) is 1. The minimum atomic E-state index is -4.66. The van der Waals surface area contributed by atoms with E-state index in [-0.39, 0.29) is 21.7 Å². The Bertz CT molecular complexity index is 734. The molecule has 0 aliphatic carbocycles. The minimum Gasteiger partial charge on any atom is -0.382 e. The lowest BCUT2D eigenvalue weighted by atomic mass is 9.98. The van der Waals surface area contributed by atoms with Crippen molar-refractivity contribution < 1.29 is 26.7 Å². The van der Waals surface area contributed by atoms with Crippen LogP contribution in [0.2, 0.25) is 0 Å². The van der Waals surface area contributed by atoms with Crippen LogP contribution in [0.4, 0.5) is 13.2 Å². The normalized spacial score (nSPS) is 13.7. The summed E-state index contributed by atoms with van der Waals surface area (Å²) in [5.41, 5.74) is -1.79. The summed E-state index contributed by atoms with van der Waals surface area (Å²) in [6.07, 6.45) is -3.04. The molecule has 24 heavy (non-hydrogen) atoms. The van der Waals surface area contributed by atoms with E-state index in [2.05, 4.69) is 5.32 Å². The number of hydrogen-bond donors (Lipinski definition) is 2. The predicted octanol–water partition coefficient (Wildman–Crippen LogP) is 2.93. The molecule has 0 saturated carbocycles. The maximum atomic E-state index is 12.8. The monoisotopic (exact) mass is 378 g/mol. The fourth-order valence-electron chi connectivity index (χ4n) is 1.91. The number of nitrogens with one attached hydrogen (secondary N) is 1. The smallest absolute Gasteiger partial charge is 0.382 e. The quantitative estimate of drug-likeness (QED) is 0.342. The molecule has 0 aliphatic rings. The maximum Gasteiger partial charge on any atom is 0.416 e. The van der Waals surface area contributed by atoms with E-state index in [4.69, 9.17) is 4.55 Å². The molecule has 10 heteroatoms. The lowest BCUT2D eigenvalue weighted by Gasteiger charge is -2.13. The first kappa shape index (κ1) is 20.2. The third-order valence-corrected chi connectivity index (χ3v) is 4.33. The van der Waals surface area contributed by atoms with Gasteiger partial charge in [-0.1, -0.05) is 6.07 Å². The number of alkyl halides is 3. The van der Waals surface area contributed by atoms with Crippen molar-refractivity contribution in [1.29, 1.82) is 5.26 Å². The van der Waals surface area contributed by atoms with Crippen LogP contribution in [0.5, 0.6) is 0 Å². The van der Waals surface area contributed by atoms with Crippen molar-refractivity contribution in [2.24, 2.45) is 0 Å². The highest BCUT2D eigenvalue weighted by molar-refractivity contribution is 8.02. The molecule has 0 spiro atoms. The Labute approximate surface area is 143 Å². The summed E-state index contributed by atoms with van der Waals surface area (Å²) in [6, 6.07) is 3.97. The molecule has 1 aromatic carbocycles. The summed E-state index contributed by atoms with van der Waals surface area (Å²) in [5.74, 6) is -1.47. The maximum absolute atomic E-state index is 12.8. The van der Waals surface area contributed by atoms with Gasteiger partial charge in [0.05, 0.1) is 16.3 Å². The zero-order valence-electron chi connectivity index (χ0n) is 12.6. The van der Waals surface area contributed by atoms with Gasteiger partial charge in [-0.15, -0.1) is 11.8 Å². The molecule has 2 N–H and O–H groups in total. The van der Waals surface area contributed by atoms with Crippen LogP contribution < -0.4 is 5.32 Å². The van der Waals surface area contributed by atoms with E-state index in [9.17, 15) is 27.4 Å². The highest BCUT2D eigenvalue weighted by atomic mass is 32.2. The lowest BCUT2D eigenvalue weighted by molar-refractivity contribution is -0.137. The third kappa shape index (κ3) is 4.83. The molecule has 1 unspecified atom stereocenters. The molecule has 0 aliphatic heterocycles. The summed E-state index contributed by atoms with van der Waals surface area (Å²) < 4.78 is 58.4. The number of carbonyl (C=O) groups is 1. The molecule has 1 atom stereocenters. The van der Waals surface area contributed by atoms with Gasteiger partial charge in [-0.05, 0) is 24.0 Å². The number of allylic oxidation sites excluding steroid dienone is 1.